The van der Waals surface area contributed by atoms with Crippen LogP contribution in [0.1, 0.15) is 17.0 Å². The molecule has 0 atom stereocenters. The van der Waals surface area contributed by atoms with E-state index in [9.17, 15) is 0 Å². The smallest absolute Gasteiger partial charge is 0.142 e. The molecule has 4 nitrogen and oxygen atoms in total. The van der Waals surface area contributed by atoms with Crippen LogP contribution >= 0.6 is 0 Å². The van der Waals surface area contributed by atoms with Crippen molar-refractivity contribution in [3.8, 4) is 6.07 Å². The van der Waals surface area contributed by atoms with Crippen LogP contribution in [0.25, 0.3) is 11.0 Å². The number of nitriles is 1. The first kappa shape index (κ1) is 12.2. The molecule has 4 heteroatoms. The van der Waals surface area contributed by atoms with Gasteiger partial charge in [0, 0.05) is 10.9 Å². The molecule has 0 aliphatic heterocycles. The maximum Gasteiger partial charge on any atom is 0.142 e. The highest BCUT2D eigenvalue weighted by molar-refractivity contribution is 5.81. The maximum atomic E-state index is 8.83. The number of benzene rings is 1. The Morgan fingerprint density at radius 2 is 2.05 bits per heavy atom. The first-order valence-corrected chi connectivity index (χ1v) is 6.36. The third kappa shape index (κ3) is 2.21. The summed E-state index contributed by atoms with van der Waals surface area (Å²) in [6.07, 6.45) is 0. The largest absolute Gasteiger partial charge is 0.459 e. The predicted molar refractivity (Wildman–Crippen MR) is 77.2 cm³/mol. The van der Waals surface area contributed by atoms with Gasteiger partial charge in [-0.15, -0.1) is 0 Å². The Morgan fingerprint density at radius 3 is 2.85 bits per heavy atom. The van der Waals surface area contributed by atoms with E-state index < -0.39 is 0 Å². The molecule has 0 saturated heterocycles. The molecule has 0 aliphatic rings. The minimum absolute atomic E-state index is 0.399. The summed E-state index contributed by atoms with van der Waals surface area (Å²) in [7, 11) is 0. The van der Waals surface area contributed by atoms with E-state index in [1.165, 1.54) is 0 Å². The fourth-order valence-electron chi connectivity index (χ4n) is 2.16. The van der Waals surface area contributed by atoms with Gasteiger partial charge in [0.05, 0.1) is 6.54 Å². The molecule has 0 radical (unpaired) electrons. The van der Waals surface area contributed by atoms with Gasteiger partial charge in [-0.3, -0.25) is 0 Å². The zero-order chi connectivity index (χ0) is 13.9. The average Bonchev–Trinajstić information content (AvgIpc) is 2.82. The lowest BCUT2D eigenvalue weighted by molar-refractivity contribution is 0.555. The number of hydrogen-bond acceptors (Lipinski definition) is 4. The molecule has 98 valence electrons. The van der Waals surface area contributed by atoms with Crippen molar-refractivity contribution in [2.75, 3.05) is 5.32 Å². The SMILES string of the molecule is Cc1c(CNc2cccc(C#N)n2)oc2ccccc12. The van der Waals surface area contributed by atoms with Crippen molar-refractivity contribution < 1.29 is 4.42 Å². The van der Waals surface area contributed by atoms with Crippen molar-refractivity contribution in [1.82, 2.24) is 4.98 Å². The van der Waals surface area contributed by atoms with Crippen molar-refractivity contribution in [3.05, 3.63) is 59.5 Å². The number of aryl methyl sites for hydroxylation is 1. The second-order valence-corrected chi connectivity index (χ2v) is 4.52. The van der Waals surface area contributed by atoms with Crippen molar-refractivity contribution in [3.63, 3.8) is 0 Å². The molecular formula is C16H13N3O. The summed E-state index contributed by atoms with van der Waals surface area (Å²) < 4.78 is 5.82. The van der Waals surface area contributed by atoms with E-state index in [0.717, 1.165) is 22.3 Å². The minimum atomic E-state index is 0.399. The highest BCUT2D eigenvalue weighted by Crippen LogP contribution is 2.25. The summed E-state index contributed by atoms with van der Waals surface area (Å²) in [5.74, 6) is 1.55. The molecule has 0 aliphatic carbocycles. The lowest BCUT2D eigenvalue weighted by atomic mass is 10.1. The van der Waals surface area contributed by atoms with Crippen molar-refractivity contribution in [2.24, 2.45) is 0 Å². The third-order valence-corrected chi connectivity index (χ3v) is 3.24. The molecule has 0 amide bonds. The molecule has 0 spiro atoms. The number of hydrogen-bond donors (Lipinski definition) is 1. The van der Waals surface area contributed by atoms with E-state index >= 15 is 0 Å². The van der Waals surface area contributed by atoms with Crippen LogP contribution in [0.3, 0.4) is 0 Å². The molecule has 2 aromatic heterocycles. The second kappa shape index (κ2) is 5.06. The minimum Gasteiger partial charge on any atom is -0.459 e. The average molecular weight is 263 g/mol. The second-order valence-electron chi connectivity index (χ2n) is 4.52. The lowest BCUT2D eigenvalue weighted by Gasteiger charge is -2.04. The number of nitrogens with one attached hydrogen (secondary N) is 1. The van der Waals surface area contributed by atoms with E-state index in [-0.39, 0.29) is 0 Å². The molecule has 3 aromatic rings. The third-order valence-electron chi connectivity index (χ3n) is 3.24. The quantitative estimate of drug-likeness (QED) is 0.784. The van der Waals surface area contributed by atoms with E-state index in [4.69, 9.17) is 9.68 Å². The van der Waals surface area contributed by atoms with E-state index in [1.54, 1.807) is 12.1 Å². The Bertz CT molecular complexity index is 799. The van der Waals surface area contributed by atoms with Crippen LogP contribution in [0.2, 0.25) is 0 Å². The zero-order valence-corrected chi connectivity index (χ0v) is 11.1. The molecule has 0 unspecified atom stereocenters. The number of furan rings is 1. The number of rotatable bonds is 3. The lowest BCUT2D eigenvalue weighted by Crippen LogP contribution is -2.02. The van der Waals surface area contributed by atoms with Gasteiger partial charge in [0.25, 0.3) is 0 Å². The number of aromatic nitrogens is 1. The van der Waals surface area contributed by atoms with E-state index in [2.05, 4.69) is 10.3 Å². The Labute approximate surface area is 116 Å². The van der Waals surface area contributed by atoms with Gasteiger partial charge in [-0.1, -0.05) is 24.3 Å². The maximum absolute atomic E-state index is 8.83. The standard InChI is InChI=1S/C16H13N3O/c1-11-13-6-2-3-7-14(13)20-15(11)10-18-16-8-4-5-12(9-17)19-16/h2-8H,10H2,1H3,(H,18,19). The molecule has 1 N–H and O–H groups in total. The van der Waals surface area contributed by atoms with Gasteiger partial charge in [0.2, 0.25) is 0 Å². The number of para-hydroxylation sites is 1. The zero-order valence-electron chi connectivity index (χ0n) is 11.1. The monoisotopic (exact) mass is 263 g/mol. The number of pyridine rings is 1. The van der Waals surface area contributed by atoms with E-state index in [1.807, 2.05) is 43.3 Å². The van der Waals surface area contributed by atoms with Gasteiger partial charge in [0.1, 0.15) is 28.9 Å². The normalized spacial score (nSPS) is 10.4. The highest BCUT2D eigenvalue weighted by atomic mass is 16.3. The highest BCUT2D eigenvalue weighted by Gasteiger charge is 2.09. The van der Waals surface area contributed by atoms with Crippen LogP contribution in [0, 0.1) is 18.3 Å². The Hall–Kier alpha value is -2.80. The summed E-state index contributed by atoms with van der Waals surface area (Å²) in [6, 6.07) is 15.3. The van der Waals surface area contributed by atoms with Crippen LogP contribution in [-0.2, 0) is 6.54 Å². The molecule has 20 heavy (non-hydrogen) atoms. The molecule has 2 heterocycles. The summed E-state index contributed by atoms with van der Waals surface area (Å²) in [5.41, 5.74) is 2.42. The fraction of sp³-hybridized carbons (Fsp3) is 0.125. The Kier molecular flexibility index (Phi) is 3.10. The summed E-state index contributed by atoms with van der Waals surface area (Å²) in [5, 5.41) is 13.1. The summed E-state index contributed by atoms with van der Waals surface area (Å²) in [4.78, 5) is 4.18. The van der Waals surface area contributed by atoms with E-state index in [0.29, 0.717) is 18.1 Å². The molecule has 1 aromatic carbocycles. The topological polar surface area (TPSA) is 61.9 Å². The molecule has 0 bridgehead atoms. The van der Waals surface area contributed by atoms with Gasteiger partial charge in [-0.25, -0.2) is 4.98 Å². The number of anilines is 1. The van der Waals surface area contributed by atoms with Crippen LogP contribution in [0.5, 0.6) is 0 Å². The van der Waals surface area contributed by atoms with Crippen molar-refractivity contribution in [2.45, 2.75) is 13.5 Å². The van der Waals surface area contributed by atoms with Crippen molar-refractivity contribution >= 4 is 16.8 Å². The predicted octanol–water partition coefficient (Wildman–Crippen LogP) is 3.62. The number of nitrogens with zero attached hydrogens (tertiary/aromatic N) is 2. The van der Waals surface area contributed by atoms with Crippen LogP contribution in [0.15, 0.2) is 46.9 Å². The Balaban J connectivity index is 1.83. The van der Waals surface area contributed by atoms with Crippen LogP contribution < -0.4 is 5.32 Å². The summed E-state index contributed by atoms with van der Waals surface area (Å²) in [6.45, 7) is 2.59. The van der Waals surface area contributed by atoms with Crippen LogP contribution in [0.4, 0.5) is 5.82 Å². The first-order chi connectivity index (χ1) is 9.78. The first-order valence-electron chi connectivity index (χ1n) is 6.36. The fourth-order valence-corrected chi connectivity index (χ4v) is 2.16. The summed E-state index contributed by atoms with van der Waals surface area (Å²) >= 11 is 0. The van der Waals surface area contributed by atoms with Gasteiger partial charge in [-0.05, 0) is 25.1 Å². The van der Waals surface area contributed by atoms with Gasteiger partial charge in [0.15, 0.2) is 0 Å². The number of fused-ring (bicyclic) bond motifs is 1. The Morgan fingerprint density at radius 1 is 1.20 bits per heavy atom. The van der Waals surface area contributed by atoms with Gasteiger partial charge in [-0.2, -0.15) is 5.26 Å². The van der Waals surface area contributed by atoms with Crippen molar-refractivity contribution in [1.29, 1.82) is 5.26 Å². The molecule has 0 fully saturated rings. The van der Waals surface area contributed by atoms with Gasteiger partial charge >= 0.3 is 0 Å². The van der Waals surface area contributed by atoms with Crippen LogP contribution in [-0.4, -0.2) is 4.98 Å². The molecule has 0 saturated carbocycles. The molecular weight excluding hydrogens is 250 g/mol. The molecule has 3 rings (SSSR count). The van der Waals surface area contributed by atoms with Gasteiger partial charge < -0.3 is 9.73 Å².